The molecule has 112 valence electrons. The molecule has 0 bridgehead atoms. The quantitative estimate of drug-likeness (QED) is 0.862. The molecule has 2 fully saturated rings. The molecule has 0 radical (unpaired) electrons. The van der Waals surface area contributed by atoms with Crippen molar-refractivity contribution >= 4 is 0 Å². The minimum Gasteiger partial charge on any atom is -0.468 e. The first-order valence-corrected chi connectivity index (χ1v) is 7.90. The van der Waals surface area contributed by atoms with Crippen molar-refractivity contribution in [3.05, 3.63) is 23.7 Å². The van der Waals surface area contributed by atoms with E-state index < -0.39 is 0 Å². The summed E-state index contributed by atoms with van der Waals surface area (Å²) in [6.45, 7) is 4.33. The van der Waals surface area contributed by atoms with Gasteiger partial charge < -0.3 is 14.6 Å². The number of piperidine rings is 1. The number of hydrogen-bond acceptors (Lipinski definition) is 4. The molecule has 1 aliphatic carbocycles. The fraction of sp³-hybridized carbons (Fsp3) is 0.750. The molecule has 0 atom stereocenters. The van der Waals surface area contributed by atoms with Crippen molar-refractivity contribution < 1.29 is 4.42 Å². The van der Waals surface area contributed by atoms with Gasteiger partial charge in [0.1, 0.15) is 5.76 Å². The Morgan fingerprint density at radius 3 is 2.65 bits per heavy atom. The first kappa shape index (κ1) is 14.1. The summed E-state index contributed by atoms with van der Waals surface area (Å²) in [5, 5.41) is 3.54. The number of nitrogens with zero attached hydrogens (tertiary/aromatic N) is 2. The van der Waals surface area contributed by atoms with Gasteiger partial charge in [0.2, 0.25) is 0 Å². The summed E-state index contributed by atoms with van der Waals surface area (Å²) in [5.41, 5.74) is 1.36. The first-order chi connectivity index (χ1) is 9.72. The van der Waals surface area contributed by atoms with Crippen LogP contribution in [0.25, 0.3) is 0 Å². The van der Waals surface area contributed by atoms with Gasteiger partial charge in [-0.25, -0.2) is 0 Å². The van der Waals surface area contributed by atoms with Crippen molar-refractivity contribution in [2.24, 2.45) is 0 Å². The average Bonchev–Trinajstić information content (AvgIpc) is 3.18. The lowest BCUT2D eigenvalue weighted by Crippen LogP contribution is -2.41. The minimum absolute atomic E-state index is 0.740. The van der Waals surface area contributed by atoms with Crippen molar-refractivity contribution in [1.29, 1.82) is 0 Å². The molecular formula is C16H27N3O. The highest BCUT2D eigenvalue weighted by Crippen LogP contribution is 2.22. The average molecular weight is 277 g/mol. The molecule has 1 aromatic heterocycles. The highest BCUT2D eigenvalue weighted by atomic mass is 16.3. The summed E-state index contributed by atoms with van der Waals surface area (Å²) in [7, 11) is 4.39. The van der Waals surface area contributed by atoms with E-state index in [4.69, 9.17) is 4.42 Å². The molecule has 2 heterocycles. The Morgan fingerprint density at radius 2 is 2.00 bits per heavy atom. The van der Waals surface area contributed by atoms with E-state index in [0.717, 1.165) is 30.9 Å². The number of hydrogen-bond donors (Lipinski definition) is 1. The molecule has 0 spiro atoms. The van der Waals surface area contributed by atoms with Gasteiger partial charge in [-0.15, -0.1) is 0 Å². The van der Waals surface area contributed by atoms with E-state index in [1.807, 2.05) is 6.26 Å². The zero-order valence-electron chi connectivity index (χ0n) is 12.8. The van der Waals surface area contributed by atoms with E-state index in [-0.39, 0.29) is 0 Å². The largest absolute Gasteiger partial charge is 0.468 e. The molecule has 3 rings (SSSR count). The van der Waals surface area contributed by atoms with Crippen LogP contribution >= 0.6 is 0 Å². The normalized spacial score (nSPS) is 21.8. The van der Waals surface area contributed by atoms with Crippen LogP contribution in [0.4, 0.5) is 0 Å². The summed E-state index contributed by atoms with van der Waals surface area (Å²) >= 11 is 0. The Balaban J connectivity index is 1.49. The molecule has 0 amide bonds. The van der Waals surface area contributed by atoms with E-state index in [2.05, 4.69) is 35.3 Å². The number of likely N-dealkylation sites (tertiary alicyclic amines) is 1. The molecule has 2 aliphatic rings. The Kier molecular flexibility index (Phi) is 4.44. The van der Waals surface area contributed by atoms with Crippen LogP contribution in [0.1, 0.15) is 37.0 Å². The Hall–Kier alpha value is -0.840. The molecule has 1 N–H and O–H groups in total. The van der Waals surface area contributed by atoms with Gasteiger partial charge in [0.05, 0.1) is 12.8 Å². The smallest absolute Gasteiger partial charge is 0.122 e. The predicted octanol–water partition coefficient (Wildman–Crippen LogP) is 2.06. The molecule has 1 aromatic rings. The highest BCUT2D eigenvalue weighted by molar-refractivity contribution is 5.17. The van der Waals surface area contributed by atoms with Crippen LogP contribution in [0.5, 0.6) is 0 Å². The maximum absolute atomic E-state index is 5.65. The van der Waals surface area contributed by atoms with Crippen LogP contribution in [0, 0.1) is 0 Å². The van der Waals surface area contributed by atoms with Crippen molar-refractivity contribution in [1.82, 2.24) is 15.1 Å². The summed E-state index contributed by atoms with van der Waals surface area (Å²) in [6, 6.07) is 3.64. The van der Waals surface area contributed by atoms with Crippen LogP contribution in [0.15, 0.2) is 16.7 Å². The molecule has 20 heavy (non-hydrogen) atoms. The monoisotopic (exact) mass is 277 g/mol. The third-order valence-corrected chi connectivity index (χ3v) is 4.65. The highest BCUT2D eigenvalue weighted by Gasteiger charge is 2.23. The Morgan fingerprint density at radius 1 is 1.25 bits per heavy atom. The molecule has 1 saturated carbocycles. The van der Waals surface area contributed by atoms with Crippen LogP contribution in [0.2, 0.25) is 0 Å². The van der Waals surface area contributed by atoms with Gasteiger partial charge in [0.15, 0.2) is 0 Å². The second-order valence-corrected chi connectivity index (χ2v) is 6.50. The van der Waals surface area contributed by atoms with E-state index in [0.29, 0.717) is 0 Å². The predicted molar refractivity (Wildman–Crippen MR) is 80.6 cm³/mol. The first-order valence-electron chi connectivity index (χ1n) is 7.90. The van der Waals surface area contributed by atoms with Gasteiger partial charge in [-0.2, -0.15) is 0 Å². The molecule has 0 aromatic carbocycles. The lowest BCUT2D eigenvalue weighted by molar-refractivity contribution is 0.139. The van der Waals surface area contributed by atoms with Crippen molar-refractivity contribution in [2.45, 2.75) is 50.9 Å². The van der Waals surface area contributed by atoms with E-state index in [9.17, 15) is 0 Å². The Bertz CT molecular complexity index is 417. The third kappa shape index (κ3) is 3.62. The SMILES string of the molecule is CN(C)C1CCN(Cc2ccoc2CNC2CC2)CC1. The second kappa shape index (κ2) is 6.29. The summed E-state index contributed by atoms with van der Waals surface area (Å²) in [4.78, 5) is 4.92. The van der Waals surface area contributed by atoms with Gasteiger partial charge in [0.25, 0.3) is 0 Å². The maximum atomic E-state index is 5.65. The van der Waals surface area contributed by atoms with Crippen molar-refractivity contribution in [3.8, 4) is 0 Å². The van der Waals surface area contributed by atoms with Gasteiger partial charge in [-0.05, 0) is 58.9 Å². The molecular weight excluding hydrogens is 250 g/mol. The maximum Gasteiger partial charge on any atom is 0.122 e. The molecule has 0 unspecified atom stereocenters. The standard InChI is InChI=1S/C16H27N3O/c1-18(2)15-5-8-19(9-6-15)12-13-7-10-20-16(13)11-17-14-3-4-14/h7,10,14-15,17H,3-6,8-9,11-12H2,1-2H3. The van der Waals surface area contributed by atoms with Crippen LogP contribution in [-0.2, 0) is 13.1 Å². The number of rotatable bonds is 6. The van der Waals surface area contributed by atoms with E-state index in [1.54, 1.807) is 0 Å². The third-order valence-electron chi connectivity index (χ3n) is 4.65. The Labute approximate surface area is 122 Å². The van der Waals surface area contributed by atoms with Gasteiger partial charge >= 0.3 is 0 Å². The van der Waals surface area contributed by atoms with Crippen LogP contribution in [0.3, 0.4) is 0 Å². The van der Waals surface area contributed by atoms with Gasteiger partial charge in [-0.3, -0.25) is 4.90 Å². The lowest BCUT2D eigenvalue weighted by atomic mass is 10.0. The fourth-order valence-electron chi connectivity index (χ4n) is 3.02. The fourth-order valence-corrected chi connectivity index (χ4v) is 3.02. The topological polar surface area (TPSA) is 31.6 Å². The van der Waals surface area contributed by atoms with Crippen LogP contribution in [-0.4, -0.2) is 49.1 Å². The molecule has 4 nitrogen and oxygen atoms in total. The summed E-state index contributed by atoms with van der Waals surface area (Å²) in [6.07, 6.45) is 7.05. The number of furan rings is 1. The van der Waals surface area contributed by atoms with Gasteiger partial charge in [-0.1, -0.05) is 0 Å². The zero-order valence-corrected chi connectivity index (χ0v) is 12.8. The summed E-state index contributed by atoms with van der Waals surface area (Å²) < 4.78 is 5.65. The van der Waals surface area contributed by atoms with Crippen LogP contribution < -0.4 is 5.32 Å². The lowest BCUT2D eigenvalue weighted by Gasteiger charge is -2.35. The molecule has 1 saturated heterocycles. The second-order valence-electron chi connectivity index (χ2n) is 6.50. The summed E-state index contributed by atoms with van der Waals surface area (Å²) in [5.74, 6) is 1.13. The van der Waals surface area contributed by atoms with Crippen molar-refractivity contribution in [3.63, 3.8) is 0 Å². The zero-order chi connectivity index (χ0) is 13.9. The molecule has 1 aliphatic heterocycles. The van der Waals surface area contributed by atoms with Gasteiger partial charge in [0, 0.05) is 24.2 Å². The van der Waals surface area contributed by atoms with Crippen molar-refractivity contribution in [2.75, 3.05) is 27.2 Å². The van der Waals surface area contributed by atoms with E-state index >= 15 is 0 Å². The minimum atomic E-state index is 0.740. The number of nitrogens with one attached hydrogen (secondary N) is 1. The van der Waals surface area contributed by atoms with E-state index in [1.165, 1.54) is 44.3 Å². The molecule has 4 heteroatoms.